The summed E-state index contributed by atoms with van der Waals surface area (Å²) >= 11 is 0. The Labute approximate surface area is 87.5 Å². The fraction of sp³-hybridized carbons (Fsp3) is 0.273. The van der Waals surface area contributed by atoms with Gasteiger partial charge in [-0.2, -0.15) is 0 Å². The molecule has 0 aromatic heterocycles. The standard InChI is InChI=1S/C11H12O4/c1-7(12)5-9-6-8(11(13)14)3-4-10(9)15-2/h3-4,6H,5H2,1-2H3,(H,13,14). The Hall–Kier alpha value is -1.84. The van der Waals surface area contributed by atoms with Crippen molar-refractivity contribution in [1.82, 2.24) is 0 Å². The van der Waals surface area contributed by atoms with Gasteiger partial charge in [-0.05, 0) is 25.1 Å². The van der Waals surface area contributed by atoms with Crippen LogP contribution in [-0.2, 0) is 11.2 Å². The highest BCUT2D eigenvalue weighted by atomic mass is 16.5. The van der Waals surface area contributed by atoms with E-state index in [1.807, 2.05) is 0 Å². The first-order chi connectivity index (χ1) is 7.04. The number of ether oxygens (including phenoxy) is 1. The van der Waals surface area contributed by atoms with Crippen LogP contribution in [0.15, 0.2) is 18.2 Å². The summed E-state index contributed by atoms with van der Waals surface area (Å²) < 4.78 is 5.04. The summed E-state index contributed by atoms with van der Waals surface area (Å²) in [5, 5.41) is 8.78. The molecule has 0 aliphatic heterocycles. The Bertz CT molecular complexity index is 396. The van der Waals surface area contributed by atoms with Crippen molar-refractivity contribution in [1.29, 1.82) is 0 Å². The number of aromatic carboxylic acids is 1. The Morgan fingerprint density at radius 3 is 2.53 bits per heavy atom. The largest absolute Gasteiger partial charge is 0.496 e. The lowest BCUT2D eigenvalue weighted by molar-refractivity contribution is -0.116. The number of carbonyl (C=O) groups excluding carboxylic acids is 1. The minimum Gasteiger partial charge on any atom is -0.496 e. The zero-order valence-corrected chi connectivity index (χ0v) is 8.61. The second kappa shape index (κ2) is 4.59. The molecule has 1 aromatic carbocycles. The average Bonchev–Trinajstić information content (AvgIpc) is 2.16. The first-order valence-electron chi connectivity index (χ1n) is 4.44. The van der Waals surface area contributed by atoms with E-state index < -0.39 is 5.97 Å². The van der Waals surface area contributed by atoms with Gasteiger partial charge in [0.2, 0.25) is 0 Å². The lowest BCUT2D eigenvalue weighted by atomic mass is 10.1. The SMILES string of the molecule is COc1ccc(C(=O)O)cc1CC(C)=O. The van der Waals surface area contributed by atoms with E-state index in [-0.39, 0.29) is 17.8 Å². The molecule has 4 nitrogen and oxygen atoms in total. The second-order valence-electron chi connectivity index (χ2n) is 3.21. The first-order valence-corrected chi connectivity index (χ1v) is 4.44. The minimum atomic E-state index is -1.01. The Balaban J connectivity index is 3.12. The van der Waals surface area contributed by atoms with Crippen molar-refractivity contribution in [2.45, 2.75) is 13.3 Å². The predicted octanol–water partition coefficient (Wildman–Crippen LogP) is 1.52. The van der Waals surface area contributed by atoms with Crippen molar-refractivity contribution >= 4 is 11.8 Å². The number of hydrogen-bond acceptors (Lipinski definition) is 3. The van der Waals surface area contributed by atoms with Crippen molar-refractivity contribution in [2.24, 2.45) is 0 Å². The molecule has 1 aromatic rings. The van der Waals surface area contributed by atoms with E-state index in [0.29, 0.717) is 11.3 Å². The molecule has 0 heterocycles. The number of carboxylic acid groups (broad SMARTS) is 1. The third-order valence-corrected chi connectivity index (χ3v) is 1.97. The highest BCUT2D eigenvalue weighted by Crippen LogP contribution is 2.20. The van der Waals surface area contributed by atoms with Gasteiger partial charge < -0.3 is 9.84 Å². The van der Waals surface area contributed by atoms with Crippen LogP contribution >= 0.6 is 0 Å². The van der Waals surface area contributed by atoms with E-state index in [1.54, 1.807) is 6.07 Å². The summed E-state index contributed by atoms with van der Waals surface area (Å²) in [6.07, 6.45) is 0.185. The maximum atomic E-state index is 11.0. The number of hydrogen-bond donors (Lipinski definition) is 1. The average molecular weight is 208 g/mol. The second-order valence-corrected chi connectivity index (χ2v) is 3.21. The van der Waals surface area contributed by atoms with Gasteiger partial charge in [0.25, 0.3) is 0 Å². The van der Waals surface area contributed by atoms with Crippen molar-refractivity contribution in [3.8, 4) is 5.75 Å². The summed E-state index contributed by atoms with van der Waals surface area (Å²) in [5.74, 6) is -0.506. The maximum absolute atomic E-state index is 11.0. The molecular weight excluding hydrogens is 196 g/mol. The van der Waals surface area contributed by atoms with Crippen LogP contribution < -0.4 is 4.74 Å². The lowest BCUT2D eigenvalue weighted by Gasteiger charge is -2.07. The fourth-order valence-corrected chi connectivity index (χ4v) is 1.32. The molecule has 0 amide bonds. The van der Waals surface area contributed by atoms with Crippen LogP contribution in [0.4, 0.5) is 0 Å². The summed E-state index contributed by atoms with van der Waals surface area (Å²) in [7, 11) is 1.49. The van der Waals surface area contributed by atoms with Crippen LogP contribution in [0.25, 0.3) is 0 Å². The van der Waals surface area contributed by atoms with Crippen molar-refractivity contribution < 1.29 is 19.4 Å². The summed E-state index contributed by atoms with van der Waals surface area (Å²) in [4.78, 5) is 21.7. The fourth-order valence-electron chi connectivity index (χ4n) is 1.32. The number of ketones is 1. The zero-order valence-electron chi connectivity index (χ0n) is 8.61. The highest BCUT2D eigenvalue weighted by Gasteiger charge is 2.10. The van der Waals surface area contributed by atoms with Gasteiger partial charge in [0.15, 0.2) is 0 Å². The molecule has 0 radical (unpaired) electrons. The minimum absolute atomic E-state index is 0.0316. The smallest absolute Gasteiger partial charge is 0.335 e. The molecule has 0 aliphatic carbocycles. The molecule has 0 saturated heterocycles. The summed E-state index contributed by atoms with van der Waals surface area (Å²) in [5.41, 5.74) is 0.761. The van der Waals surface area contributed by atoms with Crippen LogP contribution in [-0.4, -0.2) is 24.0 Å². The molecule has 0 atom stereocenters. The molecule has 1 rings (SSSR count). The molecule has 0 bridgehead atoms. The van der Waals surface area contributed by atoms with Crippen LogP contribution in [0, 0.1) is 0 Å². The molecule has 1 N–H and O–H groups in total. The zero-order chi connectivity index (χ0) is 11.4. The number of carboxylic acids is 1. The van der Waals surface area contributed by atoms with Gasteiger partial charge in [-0.1, -0.05) is 0 Å². The number of methoxy groups -OCH3 is 1. The number of Topliss-reactive ketones (excluding diaryl/α,β-unsaturated/α-hetero) is 1. The molecule has 80 valence electrons. The van der Waals surface area contributed by atoms with Crippen molar-refractivity contribution in [2.75, 3.05) is 7.11 Å². The normalized spacial score (nSPS) is 9.73. The quantitative estimate of drug-likeness (QED) is 0.814. The van der Waals surface area contributed by atoms with Gasteiger partial charge in [-0.3, -0.25) is 4.79 Å². The Morgan fingerprint density at radius 1 is 1.40 bits per heavy atom. The van der Waals surface area contributed by atoms with E-state index in [9.17, 15) is 9.59 Å². The van der Waals surface area contributed by atoms with Crippen LogP contribution in [0.2, 0.25) is 0 Å². The van der Waals surface area contributed by atoms with Gasteiger partial charge in [-0.15, -0.1) is 0 Å². The number of benzene rings is 1. The first kappa shape index (κ1) is 11.2. The lowest BCUT2D eigenvalue weighted by Crippen LogP contribution is -2.03. The Morgan fingerprint density at radius 2 is 2.07 bits per heavy atom. The van der Waals surface area contributed by atoms with Gasteiger partial charge in [0.05, 0.1) is 12.7 Å². The van der Waals surface area contributed by atoms with E-state index in [1.165, 1.54) is 26.2 Å². The van der Waals surface area contributed by atoms with Crippen LogP contribution in [0.5, 0.6) is 5.75 Å². The maximum Gasteiger partial charge on any atom is 0.335 e. The Kier molecular flexibility index (Phi) is 3.44. The summed E-state index contributed by atoms with van der Waals surface area (Å²) in [6, 6.07) is 4.47. The molecular formula is C11H12O4. The number of carbonyl (C=O) groups is 2. The van der Waals surface area contributed by atoms with E-state index in [2.05, 4.69) is 0 Å². The third-order valence-electron chi connectivity index (χ3n) is 1.97. The monoisotopic (exact) mass is 208 g/mol. The predicted molar refractivity (Wildman–Crippen MR) is 54.3 cm³/mol. The number of rotatable bonds is 4. The van der Waals surface area contributed by atoms with Crippen molar-refractivity contribution in [3.63, 3.8) is 0 Å². The van der Waals surface area contributed by atoms with Crippen LogP contribution in [0.3, 0.4) is 0 Å². The molecule has 4 heteroatoms. The molecule has 15 heavy (non-hydrogen) atoms. The molecule has 0 spiro atoms. The highest BCUT2D eigenvalue weighted by molar-refractivity contribution is 5.89. The molecule has 0 fully saturated rings. The van der Waals surface area contributed by atoms with E-state index in [4.69, 9.17) is 9.84 Å². The van der Waals surface area contributed by atoms with Gasteiger partial charge in [0.1, 0.15) is 11.5 Å². The topological polar surface area (TPSA) is 63.6 Å². The van der Waals surface area contributed by atoms with Gasteiger partial charge in [0, 0.05) is 12.0 Å². The third kappa shape index (κ3) is 2.80. The summed E-state index contributed by atoms with van der Waals surface area (Å²) in [6.45, 7) is 1.45. The van der Waals surface area contributed by atoms with Crippen molar-refractivity contribution in [3.05, 3.63) is 29.3 Å². The molecule has 0 saturated carbocycles. The van der Waals surface area contributed by atoms with Gasteiger partial charge >= 0.3 is 5.97 Å². The van der Waals surface area contributed by atoms with E-state index in [0.717, 1.165) is 0 Å². The van der Waals surface area contributed by atoms with E-state index >= 15 is 0 Å². The van der Waals surface area contributed by atoms with Crippen LogP contribution in [0.1, 0.15) is 22.8 Å². The molecule has 0 aliphatic rings. The molecule has 0 unspecified atom stereocenters. The van der Waals surface area contributed by atoms with Gasteiger partial charge in [-0.25, -0.2) is 4.79 Å².